The van der Waals surface area contributed by atoms with Crippen molar-refractivity contribution in [3.63, 3.8) is 0 Å². The van der Waals surface area contributed by atoms with Crippen LogP contribution in [0.5, 0.6) is 5.75 Å². The average Bonchev–Trinajstić information content (AvgIpc) is 2.85. The molecular formula is C13H12N2O2. The van der Waals surface area contributed by atoms with E-state index in [0.29, 0.717) is 17.0 Å². The lowest BCUT2D eigenvalue weighted by molar-refractivity contribution is 0.474. The lowest BCUT2D eigenvalue weighted by Crippen LogP contribution is -1.90. The lowest BCUT2D eigenvalue weighted by Gasteiger charge is -1.95. The highest BCUT2D eigenvalue weighted by molar-refractivity contribution is 5.96. The molecule has 0 aliphatic carbocycles. The van der Waals surface area contributed by atoms with Gasteiger partial charge in [-0.15, -0.1) is 0 Å². The Morgan fingerprint density at radius 3 is 2.76 bits per heavy atom. The van der Waals surface area contributed by atoms with Gasteiger partial charge in [0.15, 0.2) is 0 Å². The lowest BCUT2D eigenvalue weighted by atomic mass is 10.2. The van der Waals surface area contributed by atoms with Crippen molar-refractivity contribution in [3.8, 4) is 5.75 Å². The van der Waals surface area contributed by atoms with Crippen molar-refractivity contribution >= 4 is 11.9 Å². The third kappa shape index (κ3) is 2.81. The molecule has 1 aromatic heterocycles. The Labute approximate surface area is 98.9 Å². The molecule has 0 bridgehead atoms. The summed E-state index contributed by atoms with van der Waals surface area (Å²) in [7, 11) is 0. The van der Waals surface area contributed by atoms with Gasteiger partial charge in [-0.1, -0.05) is 12.1 Å². The summed E-state index contributed by atoms with van der Waals surface area (Å²) in [5, 5.41) is 17.4. The molecule has 0 radical (unpaired) electrons. The fourth-order valence-electron chi connectivity index (χ4n) is 1.31. The number of furan rings is 1. The van der Waals surface area contributed by atoms with Crippen molar-refractivity contribution in [2.75, 3.05) is 0 Å². The van der Waals surface area contributed by atoms with Gasteiger partial charge in [-0.2, -0.15) is 10.2 Å². The third-order valence-corrected chi connectivity index (χ3v) is 2.22. The smallest absolute Gasteiger partial charge is 0.149 e. The van der Waals surface area contributed by atoms with E-state index in [1.807, 2.05) is 12.1 Å². The zero-order chi connectivity index (χ0) is 12.1. The second kappa shape index (κ2) is 5.12. The van der Waals surface area contributed by atoms with Crippen LogP contribution >= 0.6 is 0 Å². The molecular weight excluding hydrogens is 216 g/mol. The number of hydrogen-bond acceptors (Lipinski definition) is 4. The Kier molecular flexibility index (Phi) is 3.35. The van der Waals surface area contributed by atoms with Gasteiger partial charge >= 0.3 is 0 Å². The Balaban J connectivity index is 2.13. The molecule has 0 amide bonds. The van der Waals surface area contributed by atoms with Gasteiger partial charge in [0.1, 0.15) is 17.2 Å². The normalized spacial score (nSPS) is 12.2. The van der Waals surface area contributed by atoms with Crippen LogP contribution in [0, 0.1) is 0 Å². The third-order valence-electron chi connectivity index (χ3n) is 2.22. The van der Waals surface area contributed by atoms with E-state index in [4.69, 9.17) is 4.42 Å². The van der Waals surface area contributed by atoms with E-state index in [9.17, 15) is 5.11 Å². The standard InChI is InChI=1S/C13H12N2O2/c1-10(13-7-4-8-17-13)15-14-9-11-5-2-3-6-12(11)16/h2-9,16H,1H3/b14-9+,15-10+. The van der Waals surface area contributed by atoms with Crippen LogP contribution in [0.4, 0.5) is 0 Å². The Morgan fingerprint density at radius 2 is 2.06 bits per heavy atom. The van der Waals surface area contributed by atoms with Crippen molar-refractivity contribution < 1.29 is 9.52 Å². The van der Waals surface area contributed by atoms with E-state index in [1.54, 1.807) is 37.5 Å². The molecule has 0 fully saturated rings. The van der Waals surface area contributed by atoms with Gasteiger partial charge in [-0.25, -0.2) is 0 Å². The highest BCUT2D eigenvalue weighted by Gasteiger charge is 1.98. The highest BCUT2D eigenvalue weighted by atomic mass is 16.3. The first-order valence-electron chi connectivity index (χ1n) is 5.17. The topological polar surface area (TPSA) is 58.1 Å². The molecule has 0 unspecified atom stereocenters. The second-order valence-corrected chi connectivity index (χ2v) is 3.47. The van der Waals surface area contributed by atoms with Crippen molar-refractivity contribution in [2.45, 2.75) is 6.92 Å². The summed E-state index contributed by atoms with van der Waals surface area (Å²) in [6, 6.07) is 10.5. The van der Waals surface area contributed by atoms with E-state index < -0.39 is 0 Å². The number of phenolic OH excluding ortho intramolecular Hbond substituents is 1. The highest BCUT2D eigenvalue weighted by Crippen LogP contribution is 2.12. The van der Waals surface area contributed by atoms with Gasteiger partial charge < -0.3 is 9.52 Å². The minimum atomic E-state index is 0.183. The number of phenols is 1. The van der Waals surface area contributed by atoms with E-state index >= 15 is 0 Å². The minimum absolute atomic E-state index is 0.183. The van der Waals surface area contributed by atoms with Crippen molar-refractivity contribution in [1.29, 1.82) is 0 Å². The molecule has 0 atom stereocenters. The molecule has 0 spiro atoms. The van der Waals surface area contributed by atoms with E-state index in [-0.39, 0.29) is 5.75 Å². The number of benzene rings is 1. The Morgan fingerprint density at radius 1 is 1.24 bits per heavy atom. The molecule has 2 aromatic rings. The summed E-state index contributed by atoms with van der Waals surface area (Å²) in [4.78, 5) is 0. The van der Waals surface area contributed by atoms with E-state index in [1.165, 1.54) is 6.21 Å². The molecule has 4 nitrogen and oxygen atoms in total. The van der Waals surface area contributed by atoms with Crippen LogP contribution in [-0.4, -0.2) is 17.0 Å². The molecule has 17 heavy (non-hydrogen) atoms. The summed E-state index contributed by atoms with van der Waals surface area (Å²) < 4.78 is 5.17. The Hall–Kier alpha value is -2.36. The van der Waals surface area contributed by atoms with Crippen LogP contribution in [0.1, 0.15) is 18.2 Å². The van der Waals surface area contributed by atoms with Crippen molar-refractivity contribution in [2.24, 2.45) is 10.2 Å². The van der Waals surface area contributed by atoms with E-state index in [2.05, 4.69) is 10.2 Å². The van der Waals surface area contributed by atoms with E-state index in [0.717, 1.165) is 0 Å². The van der Waals surface area contributed by atoms with Gasteiger partial charge in [0.25, 0.3) is 0 Å². The van der Waals surface area contributed by atoms with Crippen LogP contribution < -0.4 is 0 Å². The second-order valence-electron chi connectivity index (χ2n) is 3.47. The average molecular weight is 228 g/mol. The van der Waals surface area contributed by atoms with Crippen LogP contribution in [0.15, 0.2) is 57.3 Å². The van der Waals surface area contributed by atoms with Gasteiger partial charge in [0, 0.05) is 5.56 Å². The first-order valence-corrected chi connectivity index (χ1v) is 5.17. The van der Waals surface area contributed by atoms with Gasteiger partial charge in [0.2, 0.25) is 0 Å². The zero-order valence-corrected chi connectivity index (χ0v) is 9.37. The van der Waals surface area contributed by atoms with Crippen LogP contribution in [0.2, 0.25) is 0 Å². The Bertz CT molecular complexity index is 542. The first kappa shape index (κ1) is 11.1. The zero-order valence-electron chi connectivity index (χ0n) is 9.37. The van der Waals surface area contributed by atoms with Crippen molar-refractivity contribution in [3.05, 3.63) is 54.0 Å². The fourth-order valence-corrected chi connectivity index (χ4v) is 1.31. The first-order chi connectivity index (χ1) is 8.27. The molecule has 2 rings (SSSR count). The molecule has 4 heteroatoms. The molecule has 1 heterocycles. The molecule has 1 N–H and O–H groups in total. The van der Waals surface area contributed by atoms with Crippen LogP contribution in [-0.2, 0) is 0 Å². The number of para-hydroxylation sites is 1. The van der Waals surface area contributed by atoms with Gasteiger partial charge in [0.05, 0.1) is 12.5 Å². The maximum absolute atomic E-state index is 9.50. The summed E-state index contributed by atoms with van der Waals surface area (Å²) in [6.07, 6.45) is 3.09. The number of aromatic hydroxyl groups is 1. The fraction of sp³-hybridized carbons (Fsp3) is 0.0769. The molecule has 0 aliphatic heterocycles. The molecule has 0 saturated heterocycles. The number of rotatable bonds is 3. The maximum atomic E-state index is 9.50. The predicted molar refractivity (Wildman–Crippen MR) is 66.6 cm³/mol. The van der Waals surface area contributed by atoms with Gasteiger partial charge in [-0.3, -0.25) is 0 Å². The van der Waals surface area contributed by atoms with Gasteiger partial charge in [-0.05, 0) is 31.2 Å². The minimum Gasteiger partial charge on any atom is -0.507 e. The quantitative estimate of drug-likeness (QED) is 0.648. The summed E-state index contributed by atoms with van der Waals surface area (Å²) in [5.41, 5.74) is 1.31. The monoisotopic (exact) mass is 228 g/mol. The predicted octanol–water partition coefficient (Wildman–Crippen LogP) is 2.83. The number of nitrogens with zero attached hydrogens (tertiary/aromatic N) is 2. The molecule has 0 aliphatic rings. The SMILES string of the molecule is C/C(=N\N=C\c1ccccc1O)c1ccco1. The molecule has 1 aromatic carbocycles. The maximum Gasteiger partial charge on any atom is 0.149 e. The largest absolute Gasteiger partial charge is 0.507 e. The van der Waals surface area contributed by atoms with Crippen LogP contribution in [0.25, 0.3) is 0 Å². The number of hydrogen-bond donors (Lipinski definition) is 1. The molecule has 86 valence electrons. The van der Waals surface area contributed by atoms with Crippen LogP contribution in [0.3, 0.4) is 0 Å². The summed E-state index contributed by atoms with van der Waals surface area (Å²) in [6.45, 7) is 1.81. The summed E-state index contributed by atoms with van der Waals surface area (Å²) in [5.74, 6) is 0.863. The summed E-state index contributed by atoms with van der Waals surface area (Å²) >= 11 is 0. The van der Waals surface area contributed by atoms with Crippen molar-refractivity contribution in [1.82, 2.24) is 0 Å². The molecule has 0 saturated carbocycles.